The van der Waals surface area contributed by atoms with Crippen molar-refractivity contribution in [3.05, 3.63) is 87.2 Å². The number of furan rings is 1. The van der Waals surface area contributed by atoms with E-state index in [9.17, 15) is 14.4 Å². The summed E-state index contributed by atoms with van der Waals surface area (Å²) in [5, 5.41) is 0. The molecule has 9 nitrogen and oxygen atoms in total. The molecule has 0 saturated carbocycles. The van der Waals surface area contributed by atoms with Crippen molar-refractivity contribution in [2.75, 3.05) is 0 Å². The molecule has 1 aromatic carbocycles. The molecule has 0 aliphatic carbocycles. The first kappa shape index (κ1) is 19.4. The molecule has 0 aliphatic rings. The standard InChI is InChI=1S/C21H21N5O4/c1-23-14-22-19-18(23)20(28)26(21(29)24(19)2)13-17(27)25(12-16-9-6-10-30-16)11-15-7-4-3-5-8-15/h3-10,14H,11-13H2,1-2H3. The lowest BCUT2D eigenvalue weighted by atomic mass is 10.2. The van der Waals surface area contributed by atoms with E-state index >= 15 is 0 Å². The molecule has 0 aliphatic heterocycles. The third-order valence-corrected chi connectivity index (χ3v) is 4.99. The second kappa shape index (κ2) is 7.86. The van der Waals surface area contributed by atoms with Crippen LogP contribution in [0.25, 0.3) is 11.2 Å². The number of hydrogen-bond acceptors (Lipinski definition) is 5. The Morgan fingerprint density at radius 1 is 1.07 bits per heavy atom. The molecule has 30 heavy (non-hydrogen) atoms. The minimum atomic E-state index is -0.586. The van der Waals surface area contributed by atoms with E-state index in [1.54, 1.807) is 28.6 Å². The lowest BCUT2D eigenvalue weighted by Gasteiger charge is -2.22. The van der Waals surface area contributed by atoms with E-state index in [1.165, 1.54) is 24.2 Å². The van der Waals surface area contributed by atoms with E-state index in [0.717, 1.165) is 10.1 Å². The van der Waals surface area contributed by atoms with Crippen molar-refractivity contribution in [1.82, 2.24) is 23.6 Å². The Bertz CT molecular complexity index is 1300. The van der Waals surface area contributed by atoms with Crippen molar-refractivity contribution in [2.24, 2.45) is 14.1 Å². The van der Waals surface area contributed by atoms with Gasteiger partial charge in [0.25, 0.3) is 5.56 Å². The Morgan fingerprint density at radius 2 is 1.83 bits per heavy atom. The Morgan fingerprint density at radius 3 is 2.53 bits per heavy atom. The number of carbonyl (C=O) groups is 1. The van der Waals surface area contributed by atoms with Crippen molar-refractivity contribution < 1.29 is 9.21 Å². The van der Waals surface area contributed by atoms with E-state index in [-0.39, 0.29) is 30.2 Å². The Kier molecular flexibility index (Phi) is 5.09. The first-order chi connectivity index (χ1) is 14.5. The van der Waals surface area contributed by atoms with Crippen LogP contribution in [-0.2, 0) is 38.5 Å². The van der Waals surface area contributed by atoms with E-state index in [0.29, 0.717) is 12.3 Å². The minimum absolute atomic E-state index is 0.226. The molecule has 0 N–H and O–H groups in total. The topological polar surface area (TPSA) is 95.3 Å². The Balaban J connectivity index is 1.69. The number of hydrogen-bond donors (Lipinski definition) is 0. The monoisotopic (exact) mass is 407 g/mol. The molecule has 0 bridgehead atoms. The number of carbonyl (C=O) groups excluding carboxylic acids is 1. The zero-order valence-electron chi connectivity index (χ0n) is 16.7. The van der Waals surface area contributed by atoms with Gasteiger partial charge in [0.15, 0.2) is 11.2 Å². The normalized spacial score (nSPS) is 11.1. The summed E-state index contributed by atoms with van der Waals surface area (Å²) in [7, 11) is 3.20. The van der Waals surface area contributed by atoms with Crippen LogP contribution in [0.15, 0.2) is 69.1 Å². The smallest absolute Gasteiger partial charge is 0.332 e. The average molecular weight is 407 g/mol. The van der Waals surface area contributed by atoms with Crippen LogP contribution in [0.5, 0.6) is 0 Å². The van der Waals surface area contributed by atoms with E-state index < -0.39 is 11.2 Å². The van der Waals surface area contributed by atoms with Gasteiger partial charge in [0.1, 0.15) is 12.3 Å². The predicted octanol–water partition coefficient (Wildman–Crippen LogP) is 1.26. The van der Waals surface area contributed by atoms with Crippen LogP contribution < -0.4 is 11.2 Å². The van der Waals surface area contributed by atoms with Crippen LogP contribution in [0, 0.1) is 0 Å². The van der Waals surface area contributed by atoms with Gasteiger partial charge in [-0.1, -0.05) is 30.3 Å². The largest absolute Gasteiger partial charge is 0.467 e. The summed E-state index contributed by atoms with van der Waals surface area (Å²) in [5.41, 5.74) is 0.356. The van der Waals surface area contributed by atoms with Gasteiger partial charge in [0, 0.05) is 20.6 Å². The highest BCUT2D eigenvalue weighted by Gasteiger charge is 2.21. The predicted molar refractivity (Wildman–Crippen MR) is 110 cm³/mol. The highest BCUT2D eigenvalue weighted by molar-refractivity contribution is 5.77. The highest BCUT2D eigenvalue weighted by Crippen LogP contribution is 2.12. The SMILES string of the molecule is Cn1cnc2c1c(=O)n(CC(=O)N(Cc1ccccc1)Cc1ccco1)c(=O)n2C. The van der Waals surface area contributed by atoms with Gasteiger partial charge in [-0.25, -0.2) is 14.3 Å². The third-order valence-electron chi connectivity index (χ3n) is 4.99. The summed E-state index contributed by atoms with van der Waals surface area (Å²) in [6.45, 7) is 0.174. The molecule has 1 amide bonds. The fourth-order valence-corrected chi connectivity index (χ4v) is 3.40. The van der Waals surface area contributed by atoms with Crippen LogP contribution in [0.4, 0.5) is 0 Å². The van der Waals surface area contributed by atoms with E-state index in [4.69, 9.17) is 4.42 Å². The van der Waals surface area contributed by atoms with Crippen molar-refractivity contribution in [1.29, 1.82) is 0 Å². The van der Waals surface area contributed by atoms with Gasteiger partial charge in [-0.2, -0.15) is 0 Å². The summed E-state index contributed by atoms with van der Waals surface area (Å²) in [6.07, 6.45) is 3.01. The lowest BCUT2D eigenvalue weighted by Crippen LogP contribution is -2.44. The first-order valence-corrected chi connectivity index (χ1v) is 9.40. The number of aryl methyl sites for hydroxylation is 2. The number of rotatable bonds is 6. The first-order valence-electron chi connectivity index (χ1n) is 9.40. The molecule has 4 aromatic rings. The van der Waals surface area contributed by atoms with Crippen LogP contribution in [0.1, 0.15) is 11.3 Å². The Hall–Kier alpha value is -3.88. The fraction of sp³-hybridized carbons (Fsp3) is 0.238. The fourth-order valence-electron chi connectivity index (χ4n) is 3.40. The number of aromatic nitrogens is 4. The van der Waals surface area contributed by atoms with Gasteiger partial charge < -0.3 is 13.9 Å². The molecule has 0 spiro atoms. The maximum atomic E-state index is 13.2. The van der Waals surface area contributed by atoms with Crippen molar-refractivity contribution in [3.8, 4) is 0 Å². The second-order valence-corrected chi connectivity index (χ2v) is 7.08. The number of nitrogens with zero attached hydrogens (tertiary/aromatic N) is 5. The molecular weight excluding hydrogens is 386 g/mol. The summed E-state index contributed by atoms with van der Waals surface area (Å²) in [6, 6.07) is 13.0. The molecule has 3 heterocycles. The molecule has 0 saturated heterocycles. The molecule has 154 valence electrons. The summed E-state index contributed by atoms with van der Waals surface area (Å²) in [5.74, 6) is 0.248. The number of amides is 1. The number of imidazole rings is 1. The molecule has 0 unspecified atom stereocenters. The van der Waals surface area contributed by atoms with Gasteiger partial charge in [-0.15, -0.1) is 0 Å². The number of fused-ring (bicyclic) bond motifs is 1. The molecule has 4 rings (SSSR count). The van der Waals surface area contributed by atoms with Crippen LogP contribution in [0.2, 0.25) is 0 Å². The molecule has 0 radical (unpaired) electrons. The van der Waals surface area contributed by atoms with Crippen molar-refractivity contribution in [2.45, 2.75) is 19.6 Å². The maximum absolute atomic E-state index is 13.2. The van der Waals surface area contributed by atoms with Gasteiger partial charge in [0.05, 0.1) is 19.1 Å². The zero-order valence-corrected chi connectivity index (χ0v) is 16.7. The van der Waals surface area contributed by atoms with E-state index in [1.807, 2.05) is 30.3 Å². The van der Waals surface area contributed by atoms with Gasteiger partial charge in [-0.3, -0.25) is 14.2 Å². The average Bonchev–Trinajstić information content (AvgIpc) is 3.39. The van der Waals surface area contributed by atoms with Gasteiger partial charge in [0.2, 0.25) is 5.91 Å². The van der Waals surface area contributed by atoms with Gasteiger partial charge >= 0.3 is 5.69 Å². The maximum Gasteiger partial charge on any atom is 0.332 e. The second-order valence-electron chi connectivity index (χ2n) is 7.08. The van der Waals surface area contributed by atoms with Crippen LogP contribution >= 0.6 is 0 Å². The van der Waals surface area contributed by atoms with Gasteiger partial charge in [-0.05, 0) is 17.7 Å². The van der Waals surface area contributed by atoms with E-state index in [2.05, 4.69) is 4.98 Å². The van der Waals surface area contributed by atoms with Crippen molar-refractivity contribution in [3.63, 3.8) is 0 Å². The van der Waals surface area contributed by atoms with Crippen LogP contribution in [0.3, 0.4) is 0 Å². The zero-order chi connectivity index (χ0) is 21.3. The van der Waals surface area contributed by atoms with Crippen molar-refractivity contribution >= 4 is 17.1 Å². The molecular formula is C21H21N5O4. The molecule has 0 atom stereocenters. The number of benzene rings is 1. The summed E-state index contributed by atoms with van der Waals surface area (Å²) >= 11 is 0. The highest BCUT2D eigenvalue weighted by atomic mass is 16.3. The third kappa shape index (κ3) is 3.57. The van der Waals surface area contributed by atoms with Crippen LogP contribution in [-0.4, -0.2) is 29.5 Å². The minimum Gasteiger partial charge on any atom is -0.467 e. The quantitative estimate of drug-likeness (QED) is 0.480. The Labute approximate surface area is 171 Å². The summed E-state index contributed by atoms with van der Waals surface area (Å²) < 4.78 is 9.16. The molecule has 0 fully saturated rings. The summed E-state index contributed by atoms with van der Waals surface area (Å²) in [4.78, 5) is 44.5. The molecule has 9 heteroatoms. The molecule has 3 aromatic heterocycles. The lowest BCUT2D eigenvalue weighted by molar-refractivity contribution is -0.133.